The fraction of sp³-hybridized carbons (Fsp3) is 0.211. The minimum atomic E-state index is 0.398. The Labute approximate surface area is 147 Å². The van der Waals surface area contributed by atoms with Gasteiger partial charge in [-0.2, -0.15) is 0 Å². The molecule has 0 aliphatic heterocycles. The molecular formula is C19H20ClNO3. The fourth-order valence-electron chi connectivity index (χ4n) is 2.29. The van der Waals surface area contributed by atoms with Crippen molar-refractivity contribution in [2.45, 2.75) is 20.0 Å². The zero-order chi connectivity index (χ0) is 17.4. The summed E-state index contributed by atoms with van der Waals surface area (Å²) < 4.78 is 11.7. The average Bonchev–Trinajstić information content (AvgIpc) is 2.56. The van der Waals surface area contributed by atoms with Crippen molar-refractivity contribution in [3.63, 3.8) is 0 Å². The van der Waals surface area contributed by atoms with Crippen LogP contribution in [-0.2, 0) is 13.0 Å². The maximum Gasteiger partial charge on any atom is 0.165 e. The van der Waals surface area contributed by atoms with Crippen molar-refractivity contribution < 1.29 is 14.7 Å². The monoisotopic (exact) mass is 345 g/mol. The van der Waals surface area contributed by atoms with Gasteiger partial charge in [-0.1, -0.05) is 35.0 Å². The zero-order valence-corrected chi connectivity index (χ0v) is 14.3. The van der Waals surface area contributed by atoms with Gasteiger partial charge in [0.25, 0.3) is 0 Å². The Kier molecular flexibility index (Phi) is 6.70. The second-order valence-corrected chi connectivity index (χ2v) is 5.53. The number of oxime groups is 1. The third-order valence-electron chi connectivity index (χ3n) is 3.32. The molecule has 0 fully saturated rings. The van der Waals surface area contributed by atoms with Gasteiger partial charge in [-0.05, 0) is 43.2 Å². The predicted octanol–water partition coefficient (Wildman–Crippen LogP) is 4.85. The van der Waals surface area contributed by atoms with Crippen LogP contribution < -0.4 is 9.47 Å². The molecule has 0 radical (unpaired) electrons. The van der Waals surface area contributed by atoms with Crippen molar-refractivity contribution >= 4 is 17.8 Å². The first-order chi connectivity index (χ1) is 11.7. The average molecular weight is 346 g/mol. The number of ether oxygens (including phenoxy) is 2. The van der Waals surface area contributed by atoms with Gasteiger partial charge >= 0.3 is 0 Å². The Morgan fingerprint density at radius 1 is 1.21 bits per heavy atom. The summed E-state index contributed by atoms with van der Waals surface area (Å²) in [6.45, 7) is 6.59. The summed E-state index contributed by atoms with van der Waals surface area (Å²) in [7, 11) is 0. The summed E-state index contributed by atoms with van der Waals surface area (Å²) >= 11 is 5.90. The van der Waals surface area contributed by atoms with E-state index in [2.05, 4.69) is 11.7 Å². The van der Waals surface area contributed by atoms with Gasteiger partial charge in [-0.15, -0.1) is 6.58 Å². The smallest absolute Gasteiger partial charge is 0.165 e. The van der Waals surface area contributed by atoms with Gasteiger partial charge in [0.05, 0.1) is 12.8 Å². The summed E-state index contributed by atoms with van der Waals surface area (Å²) in [4.78, 5) is 0. The summed E-state index contributed by atoms with van der Waals surface area (Å²) in [5, 5.41) is 12.5. The van der Waals surface area contributed by atoms with Crippen molar-refractivity contribution in [2.24, 2.45) is 5.16 Å². The topological polar surface area (TPSA) is 51.1 Å². The Bertz CT molecular complexity index is 711. The molecule has 0 aromatic heterocycles. The summed E-state index contributed by atoms with van der Waals surface area (Å²) in [6.07, 6.45) is 3.77. The Hall–Kier alpha value is -2.46. The van der Waals surface area contributed by atoms with Crippen LogP contribution in [0.2, 0.25) is 5.02 Å². The number of hydrogen-bond acceptors (Lipinski definition) is 4. The van der Waals surface area contributed by atoms with Crippen molar-refractivity contribution in [1.82, 2.24) is 0 Å². The fourth-order valence-corrected chi connectivity index (χ4v) is 2.42. The van der Waals surface area contributed by atoms with Crippen molar-refractivity contribution in [1.29, 1.82) is 0 Å². The molecule has 0 atom stereocenters. The highest BCUT2D eigenvalue weighted by Crippen LogP contribution is 2.34. The second kappa shape index (κ2) is 8.99. The Balaban J connectivity index is 2.33. The van der Waals surface area contributed by atoms with E-state index in [0.29, 0.717) is 36.2 Å². The molecule has 0 saturated carbocycles. The molecular weight excluding hydrogens is 326 g/mol. The largest absolute Gasteiger partial charge is 0.490 e. The molecule has 2 aromatic carbocycles. The maximum atomic E-state index is 8.77. The summed E-state index contributed by atoms with van der Waals surface area (Å²) in [5.41, 5.74) is 2.66. The number of nitrogens with zero attached hydrogens (tertiary/aromatic N) is 1. The van der Waals surface area contributed by atoms with E-state index < -0.39 is 0 Å². The zero-order valence-electron chi connectivity index (χ0n) is 13.5. The predicted molar refractivity (Wildman–Crippen MR) is 96.7 cm³/mol. The van der Waals surface area contributed by atoms with Crippen LogP contribution in [0.1, 0.15) is 23.6 Å². The second-order valence-electron chi connectivity index (χ2n) is 5.09. The minimum absolute atomic E-state index is 0.398. The lowest BCUT2D eigenvalue weighted by Crippen LogP contribution is -2.04. The molecule has 0 amide bonds. The molecule has 0 aliphatic carbocycles. The standard InChI is InChI=1S/C19H20ClNO3/c1-3-5-16-10-15(12-21-22)11-18(23-4-2)19(16)24-13-14-6-8-17(20)9-7-14/h3,6-12,22H,1,4-5,13H2,2H3/b21-12+. The number of halogens is 1. The molecule has 2 rings (SSSR count). The van der Waals surface area contributed by atoms with Crippen LogP contribution in [0, 0.1) is 0 Å². The molecule has 0 heterocycles. The van der Waals surface area contributed by atoms with Crippen LogP contribution >= 0.6 is 11.6 Å². The highest BCUT2D eigenvalue weighted by molar-refractivity contribution is 6.30. The van der Waals surface area contributed by atoms with Gasteiger partial charge in [0, 0.05) is 16.1 Å². The van der Waals surface area contributed by atoms with E-state index >= 15 is 0 Å². The summed E-state index contributed by atoms with van der Waals surface area (Å²) in [6, 6.07) is 11.2. The summed E-state index contributed by atoms with van der Waals surface area (Å²) in [5.74, 6) is 1.28. The van der Waals surface area contributed by atoms with Crippen molar-refractivity contribution in [3.05, 3.63) is 70.8 Å². The maximum absolute atomic E-state index is 8.77. The number of allylic oxidation sites excluding steroid dienone is 1. The van der Waals surface area contributed by atoms with Gasteiger partial charge in [-0.3, -0.25) is 0 Å². The van der Waals surface area contributed by atoms with Crippen LogP contribution in [0.4, 0.5) is 0 Å². The van der Waals surface area contributed by atoms with Crippen LogP contribution in [0.25, 0.3) is 0 Å². The quantitative estimate of drug-likeness (QED) is 0.322. The van der Waals surface area contributed by atoms with Gasteiger partial charge < -0.3 is 14.7 Å². The van der Waals surface area contributed by atoms with E-state index in [4.69, 9.17) is 26.3 Å². The first kappa shape index (κ1) is 17.9. The highest BCUT2D eigenvalue weighted by atomic mass is 35.5. The number of hydrogen-bond donors (Lipinski definition) is 1. The van der Waals surface area contributed by atoms with Crippen LogP contribution in [0.5, 0.6) is 11.5 Å². The lowest BCUT2D eigenvalue weighted by Gasteiger charge is -2.16. The molecule has 24 heavy (non-hydrogen) atoms. The number of rotatable bonds is 8. The van der Waals surface area contributed by atoms with E-state index in [-0.39, 0.29) is 0 Å². The Morgan fingerprint density at radius 2 is 1.96 bits per heavy atom. The number of benzene rings is 2. The van der Waals surface area contributed by atoms with Crippen LogP contribution in [0.3, 0.4) is 0 Å². The van der Waals surface area contributed by atoms with E-state index in [1.165, 1.54) is 6.21 Å². The van der Waals surface area contributed by atoms with E-state index in [0.717, 1.165) is 16.7 Å². The third-order valence-corrected chi connectivity index (χ3v) is 3.57. The first-order valence-electron chi connectivity index (χ1n) is 7.63. The molecule has 0 saturated heterocycles. The third kappa shape index (κ3) is 4.77. The van der Waals surface area contributed by atoms with E-state index in [1.54, 1.807) is 12.1 Å². The SMILES string of the molecule is C=CCc1cc(/C=N/O)cc(OCC)c1OCc1ccc(Cl)cc1. The first-order valence-corrected chi connectivity index (χ1v) is 8.01. The minimum Gasteiger partial charge on any atom is -0.490 e. The van der Waals surface area contributed by atoms with Gasteiger partial charge in [0.15, 0.2) is 11.5 Å². The Morgan fingerprint density at radius 3 is 2.58 bits per heavy atom. The molecule has 2 aromatic rings. The van der Waals surface area contributed by atoms with Crippen molar-refractivity contribution in [2.75, 3.05) is 6.61 Å². The van der Waals surface area contributed by atoms with Crippen LogP contribution in [-0.4, -0.2) is 18.0 Å². The van der Waals surface area contributed by atoms with Gasteiger partial charge in [-0.25, -0.2) is 0 Å². The van der Waals surface area contributed by atoms with Crippen LogP contribution in [0.15, 0.2) is 54.2 Å². The van der Waals surface area contributed by atoms with Gasteiger partial charge in [0.1, 0.15) is 6.61 Å². The van der Waals surface area contributed by atoms with E-state index in [9.17, 15) is 0 Å². The van der Waals surface area contributed by atoms with E-state index in [1.807, 2.05) is 37.3 Å². The lowest BCUT2D eigenvalue weighted by atomic mass is 10.1. The molecule has 1 N–H and O–H groups in total. The molecule has 4 nitrogen and oxygen atoms in total. The normalized spacial score (nSPS) is 10.8. The highest BCUT2D eigenvalue weighted by Gasteiger charge is 2.13. The van der Waals surface area contributed by atoms with Crippen molar-refractivity contribution in [3.8, 4) is 11.5 Å². The molecule has 0 unspecified atom stereocenters. The molecule has 0 aliphatic rings. The lowest BCUT2D eigenvalue weighted by molar-refractivity contribution is 0.267. The van der Waals surface area contributed by atoms with Gasteiger partial charge in [0.2, 0.25) is 0 Å². The molecule has 126 valence electrons. The molecule has 0 spiro atoms. The molecule has 0 bridgehead atoms. The molecule has 5 heteroatoms.